The second-order valence-electron chi connectivity index (χ2n) is 11.0. The summed E-state index contributed by atoms with van der Waals surface area (Å²) < 4.78 is 47.9. The van der Waals surface area contributed by atoms with Gasteiger partial charge in [0.05, 0.1) is 23.4 Å². The fraction of sp³-hybridized carbons (Fsp3) is 0.393. The van der Waals surface area contributed by atoms with E-state index in [1.807, 2.05) is 32.4 Å². The van der Waals surface area contributed by atoms with E-state index in [9.17, 15) is 22.8 Å². The smallest absolute Gasteiger partial charge is 0.281 e. The number of sulfonamides is 1. The minimum atomic E-state index is -4.40. The Balaban J connectivity index is 2.09. The van der Waals surface area contributed by atoms with Crippen molar-refractivity contribution >= 4 is 27.6 Å². The van der Waals surface area contributed by atoms with Crippen LogP contribution in [0.25, 0.3) is 11.3 Å². The van der Waals surface area contributed by atoms with E-state index in [1.54, 1.807) is 19.9 Å². The van der Waals surface area contributed by atoms with Crippen LogP contribution in [-0.4, -0.2) is 41.6 Å². The lowest BCUT2D eigenvalue weighted by atomic mass is 9.92. The van der Waals surface area contributed by atoms with Gasteiger partial charge in [-0.1, -0.05) is 33.8 Å². The number of pyridine rings is 2. The average Bonchev–Trinajstić information content (AvgIpc) is 2.85. The molecule has 0 radical (unpaired) electrons. The summed E-state index contributed by atoms with van der Waals surface area (Å²) in [5.41, 5.74) is 5.06. The number of nitrogens with two attached hydrogens (primary N) is 1. The molecule has 1 amide bonds. The van der Waals surface area contributed by atoms with E-state index < -0.39 is 32.3 Å². The molecular formula is C28H36FN5O5S. The van der Waals surface area contributed by atoms with Crippen molar-refractivity contribution < 1.29 is 27.5 Å². The number of ether oxygens (including phenoxy) is 1. The van der Waals surface area contributed by atoms with Gasteiger partial charge in [0, 0.05) is 11.6 Å². The molecule has 0 aliphatic rings. The topological polar surface area (TPSA) is 148 Å². The van der Waals surface area contributed by atoms with Crippen molar-refractivity contribution in [2.24, 2.45) is 11.8 Å². The highest BCUT2D eigenvalue weighted by Crippen LogP contribution is 2.32. The second-order valence-corrected chi connectivity index (χ2v) is 12.6. The number of hydrogen-bond donors (Lipinski definition) is 3. The summed E-state index contributed by atoms with van der Waals surface area (Å²) in [5, 5.41) is 11.7. The molecule has 2 heterocycles. The van der Waals surface area contributed by atoms with Crippen molar-refractivity contribution in [2.45, 2.75) is 58.5 Å². The van der Waals surface area contributed by atoms with Crippen molar-refractivity contribution in [1.29, 1.82) is 0 Å². The first-order chi connectivity index (χ1) is 18.6. The molecule has 0 unspecified atom stereocenters. The fourth-order valence-electron chi connectivity index (χ4n) is 4.19. The summed E-state index contributed by atoms with van der Waals surface area (Å²) in [4.78, 5) is 21.6. The molecule has 40 heavy (non-hydrogen) atoms. The van der Waals surface area contributed by atoms with Gasteiger partial charge in [-0.2, -0.15) is 8.42 Å². The number of nitrogen functional groups attached to an aromatic ring is 1. The maximum atomic E-state index is 14.5. The van der Waals surface area contributed by atoms with E-state index >= 15 is 0 Å². The number of carbonyl (C=O) groups is 1. The van der Waals surface area contributed by atoms with Crippen LogP contribution in [-0.2, 0) is 10.0 Å². The van der Waals surface area contributed by atoms with Crippen LogP contribution in [0, 0.1) is 17.7 Å². The average molecular weight is 574 g/mol. The van der Waals surface area contributed by atoms with E-state index in [0.29, 0.717) is 24.3 Å². The van der Waals surface area contributed by atoms with E-state index in [0.717, 1.165) is 5.06 Å². The number of anilines is 2. The second kappa shape index (κ2) is 12.2. The molecule has 0 aliphatic heterocycles. The first-order valence-corrected chi connectivity index (χ1v) is 14.3. The first kappa shape index (κ1) is 30.8. The van der Waals surface area contributed by atoms with Crippen LogP contribution in [0.3, 0.4) is 0 Å². The van der Waals surface area contributed by atoms with Crippen molar-refractivity contribution in [3.05, 3.63) is 59.9 Å². The van der Waals surface area contributed by atoms with Crippen molar-refractivity contribution in [1.82, 2.24) is 14.7 Å². The summed E-state index contributed by atoms with van der Waals surface area (Å²) in [7, 11) is -4.40. The number of benzene rings is 1. The quantitative estimate of drug-likeness (QED) is 0.268. The minimum Gasteiger partial charge on any atom is -0.493 e. The van der Waals surface area contributed by atoms with Gasteiger partial charge in [-0.15, -0.1) is 0 Å². The molecular weight excluding hydrogens is 537 g/mol. The van der Waals surface area contributed by atoms with Crippen LogP contribution in [0.1, 0.15) is 58.3 Å². The lowest BCUT2D eigenvalue weighted by molar-refractivity contribution is 0.0975. The lowest BCUT2D eigenvalue weighted by Gasteiger charge is -2.36. The number of rotatable bonds is 11. The molecule has 4 N–H and O–H groups in total. The molecule has 0 bridgehead atoms. The first-order valence-electron chi connectivity index (χ1n) is 12.8. The predicted molar refractivity (Wildman–Crippen MR) is 151 cm³/mol. The molecule has 10 nitrogen and oxygen atoms in total. The molecule has 2 aromatic heterocycles. The number of hydrogen-bond acceptors (Lipinski definition) is 9. The summed E-state index contributed by atoms with van der Waals surface area (Å²) in [6.07, 6.45) is 0.509. The Hall–Kier alpha value is -3.77. The Morgan fingerprint density at radius 3 is 2.42 bits per heavy atom. The Bertz CT molecular complexity index is 1480. The number of halogens is 1. The van der Waals surface area contributed by atoms with Gasteiger partial charge < -0.3 is 10.5 Å². The number of hydroxylamine groups is 1. The van der Waals surface area contributed by atoms with Gasteiger partial charge in [0.25, 0.3) is 15.9 Å². The van der Waals surface area contributed by atoms with Crippen molar-refractivity contribution in [3.8, 4) is 17.0 Å². The molecule has 0 atom stereocenters. The van der Waals surface area contributed by atoms with Crippen LogP contribution in [0.2, 0.25) is 0 Å². The molecule has 1 aromatic carbocycles. The zero-order chi connectivity index (χ0) is 29.8. The maximum Gasteiger partial charge on any atom is 0.281 e. The summed E-state index contributed by atoms with van der Waals surface area (Å²) in [5.74, 6) is -1.14. The Morgan fingerprint density at radius 2 is 1.80 bits per heavy atom. The Kier molecular flexibility index (Phi) is 9.36. The Morgan fingerprint density at radius 1 is 1.10 bits per heavy atom. The predicted octanol–water partition coefficient (Wildman–Crippen LogP) is 5.04. The highest BCUT2D eigenvalue weighted by atomic mass is 32.2. The molecule has 3 aromatic rings. The van der Waals surface area contributed by atoms with Crippen molar-refractivity contribution in [3.63, 3.8) is 0 Å². The zero-order valence-corrected chi connectivity index (χ0v) is 24.3. The van der Waals surface area contributed by atoms with Crippen LogP contribution >= 0.6 is 0 Å². The SMILES string of the molecule is CC(C)COc1cc(F)cc(-c2ccc(C(=O)NS(=O)(=O)c3cccc(N)n3)c(N(O)C(C)(C)CC(C)C)n2)c1. The van der Waals surface area contributed by atoms with Gasteiger partial charge in [0.1, 0.15) is 17.4 Å². The van der Waals surface area contributed by atoms with Gasteiger partial charge >= 0.3 is 0 Å². The summed E-state index contributed by atoms with van der Waals surface area (Å²) in [6, 6.07) is 10.9. The summed E-state index contributed by atoms with van der Waals surface area (Å²) in [6.45, 7) is 11.8. The third-order valence-electron chi connectivity index (χ3n) is 5.80. The van der Waals surface area contributed by atoms with Crippen LogP contribution < -0.4 is 20.3 Å². The zero-order valence-electron chi connectivity index (χ0n) is 23.5. The van der Waals surface area contributed by atoms with E-state index in [-0.39, 0.29) is 34.7 Å². The minimum absolute atomic E-state index is 0.0363. The van der Waals surface area contributed by atoms with Crippen LogP contribution in [0.5, 0.6) is 5.75 Å². The molecule has 0 saturated carbocycles. The highest BCUT2D eigenvalue weighted by Gasteiger charge is 2.32. The lowest BCUT2D eigenvalue weighted by Crippen LogP contribution is -2.44. The van der Waals surface area contributed by atoms with Gasteiger partial charge in [-0.05, 0) is 68.5 Å². The maximum absolute atomic E-state index is 14.5. The number of amides is 1. The Labute approximate surface area is 234 Å². The van der Waals surface area contributed by atoms with Crippen LogP contribution in [0.15, 0.2) is 53.6 Å². The third kappa shape index (κ3) is 7.66. The molecule has 12 heteroatoms. The van der Waals surface area contributed by atoms with Gasteiger partial charge in [-0.25, -0.2) is 24.1 Å². The van der Waals surface area contributed by atoms with Crippen LogP contribution in [0.4, 0.5) is 16.0 Å². The molecule has 0 spiro atoms. The van der Waals surface area contributed by atoms with Crippen molar-refractivity contribution in [2.75, 3.05) is 17.4 Å². The highest BCUT2D eigenvalue weighted by molar-refractivity contribution is 7.90. The standard InChI is InChI=1S/C28H36FN5O5S/c1-17(2)15-28(5,6)34(36)26-22(27(35)33-40(37,38)25-9-7-8-24(30)32-25)10-11-23(31-26)19-12-20(29)14-21(13-19)39-16-18(3)4/h7-14,17-18,36H,15-16H2,1-6H3,(H2,30,32)(H,33,35). The van der Waals surface area contributed by atoms with Gasteiger partial charge in [0.2, 0.25) is 0 Å². The molecule has 3 rings (SSSR count). The van der Waals surface area contributed by atoms with Gasteiger partial charge in [-0.3, -0.25) is 10.0 Å². The largest absolute Gasteiger partial charge is 0.493 e. The number of carbonyl (C=O) groups excluding carboxylic acids is 1. The van der Waals surface area contributed by atoms with E-state index in [4.69, 9.17) is 10.5 Å². The molecule has 216 valence electrons. The summed E-state index contributed by atoms with van der Waals surface area (Å²) >= 11 is 0. The third-order valence-corrected chi connectivity index (χ3v) is 7.03. The number of nitrogens with zero attached hydrogens (tertiary/aromatic N) is 3. The number of aromatic nitrogens is 2. The van der Waals surface area contributed by atoms with Gasteiger partial charge in [0.15, 0.2) is 10.8 Å². The van der Waals surface area contributed by atoms with E-state index in [2.05, 4.69) is 9.97 Å². The molecule has 0 fully saturated rings. The van der Waals surface area contributed by atoms with E-state index in [1.165, 1.54) is 42.5 Å². The number of nitrogens with one attached hydrogen (secondary N) is 1. The molecule has 0 aliphatic carbocycles. The normalized spacial score (nSPS) is 12.1. The molecule has 0 saturated heterocycles. The fourth-order valence-corrected chi connectivity index (χ4v) is 5.13. The monoisotopic (exact) mass is 573 g/mol.